The number of hydrogen-bond acceptors (Lipinski definition) is 7. The number of carbonyl (C=O) groups is 1. The van der Waals surface area contributed by atoms with E-state index in [2.05, 4.69) is 43.9 Å². The summed E-state index contributed by atoms with van der Waals surface area (Å²) in [4.78, 5) is 23.7. The van der Waals surface area contributed by atoms with Crippen LogP contribution in [0.5, 0.6) is 5.75 Å². The molecule has 3 rings (SSSR count). The molecule has 242 valence electrons. The van der Waals surface area contributed by atoms with Gasteiger partial charge in [0.05, 0.1) is 29.1 Å². The third-order valence-electron chi connectivity index (χ3n) is 7.60. The van der Waals surface area contributed by atoms with Gasteiger partial charge in [-0.15, -0.1) is 0 Å². The first kappa shape index (κ1) is 36.1. The summed E-state index contributed by atoms with van der Waals surface area (Å²) in [6.07, 6.45) is -0.842. The highest BCUT2D eigenvalue weighted by Crippen LogP contribution is 2.38. The lowest BCUT2D eigenvalue weighted by Crippen LogP contribution is -2.49. The minimum absolute atomic E-state index is 0.0423. The van der Waals surface area contributed by atoms with Crippen LogP contribution in [0.4, 0.5) is 4.79 Å². The van der Waals surface area contributed by atoms with E-state index in [-0.39, 0.29) is 23.3 Å². The van der Waals surface area contributed by atoms with Gasteiger partial charge in [0.1, 0.15) is 23.1 Å². The van der Waals surface area contributed by atoms with Gasteiger partial charge in [0.15, 0.2) is 19.3 Å². The summed E-state index contributed by atoms with van der Waals surface area (Å²) in [6, 6.07) is 5.28. The highest BCUT2D eigenvalue weighted by molar-refractivity contribution is 6.74. The first-order chi connectivity index (χ1) is 20.1. The average Bonchev–Trinajstić information content (AvgIpc) is 3.13. The number of hydrogen-bond donors (Lipinski definition) is 0. The van der Waals surface area contributed by atoms with Crippen molar-refractivity contribution in [1.82, 2.24) is 24.6 Å². The smallest absolute Gasteiger partial charge is 0.410 e. The maximum absolute atomic E-state index is 12.8. The molecule has 2 heterocycles. The van der Waals surface area contributed by atoms with Gasteiger partial charge in [0, 0.05) is 30.8 Å². The van der Waals surface area contributed by atoms with Crippen LogP contribution in [0, 0.1) is 13.8 Å². The summed E-state index contributed by atoms with van der Waals surface area (Å²) < 4.78 is 20.2. The van der Waals surface area contributed by atoms with Crippen molar-refractivity contribution in [1.29, 1.82) is 0 Å². The van der Waals surface area contributed by atoms with E-state index in [4.69, 9.17) is 53.7 Å². The fourth-order valence-corrected chi connectivity index (χ4v) is 6.06. The molecule has 13 heteroatoms. The molecule has 0 fully saturated rings. The van der Waals surface area contributed by atoms with E-state index < -0.39 is 26.1 Å². The van der Waals surface area contributed by atoms with Crippen molar-refractivity contribution in [3.8, 4) is 28.5 Å². The minimum Gasteiger partial charge on any atom is -0.491 e. The molecule has 44 heavy (non-hydrogen) atoms. The third kappa shape index (κ3) is 8.66. The molecule has 9 nitrogen and oxygen atoms in total. The molecule has 0 spiro atoms. The summed E-state index contributed by atoms with van der Waals surface area (Å²) in [5.41, 5.74) is 2.76. The normalized spacial score (nSPS) is 13.2. The summed E-state index contributed by atoms with van der Waals surface area (Å²) in [5, 5.41) is 5.38. The number of rotatable bonds is 9. The van der Waals surface area contributed by atoms with Crippen LogP contribution in [0.15, 0.2) is 18.2 Å². The van der Waals surface area contributed by atoms with Crippen molar-refractivity contribution in [2.75, 3.05) is 20.2 Å². The molecule has 2 aromatic heterocycles. The number of likely N-dealkylation sites (N-methyl/N-ethyl adjacent to an activating group) is 1. The second-order valence-corrected chi connectivity index (χ2v) is 19.4. The van der Waals surface area contributed by atoms with E-state index in [0.29, 0.717) is 38.6 Å². The highest BCUT2D eigenvalue weighted by Gasteiger charge is 2.40. The molecule has 0 radical (unpaired) electrons. The van der Waals surface area contributed by atoms with Crippen LogP contribution in [0.1, 0.15) is 52.7 Å². The van der Waals surface area contributed by atoms with Crippen LogP contribution in [-0.4, -0.2) is 71.0 Å². The zero-order valence-corrected chi connectivity index (χ0v) is 31.0. The molecule has 0 bridgehead atoms. The Morgan fingerprint density at radius 1 is 1.02 bits per heavy atom. The van der Waals surface area contributed by atoms with Crippen molar-refractivity contribution >= 4 is 49.2 Å². The molecule has 0 saturated heterocycles. The monoisotopic (exact) mass is 683 g/mol. The molecule has 0 unspecified atom stereocenters. The fourth-order valence-electron chi connectivity index (χ4n) is 4.16. The fraction of sp³-hybridized carbons (Fsp3) is 0.548. The van der Waals surface area contributed by atoms with E-state index in [1.165, 1.54) is 4.90 Å². The Morgan fingerprint density at radius 3 is 2.20 bits per heavy atom. The van der Waals surface area contributed by atoms with Gasteiger partial charge in [0.25, 0.3) is 0 Å². The van der Waals surface area contributed by atoms with Crippen LogP contribution in [0.25, 0.3) is 22.8 Å². The first-order valence-corrected chi connectivity index (χ1v) is 18.4. The standard InChI is InChI=1S/C31H44Cl3N5O4Si/c1-18-24(25-19(2)27(34)37-39(25)10)35-28(36-26(18)33)22-15-20(13-14-23(22)32)41-17-21(43-44(11,12)31(6,7)8)16-38(9)29(40)42-30(3,4)5/h13-15,21H,16-17H2,1-12H3/t21-/m1/s1. The first-order valence-electron chi connectivity index (χ1n) is 14.4. The summed E-state index contributed by atoms with van der Waals surface area (Å²) >= 11 is 19.5. The van der Waals surface area contributed by atoms with E-state index in [1.807, 2.05) is 34.6 Å². The Bertz CT molecular complexity index is 1520. The van der Waals surface area contributed by atoms with Gasteiger partial charge >= 0.3 is 6.09 Å². The predicted octanol–water partition coefficient (Wildman–Crippen LogP) is 8.76. The Kier molecular flexibility index (Phi) is 11.1. The molecule has 0 aliphatic rings. The van der Waals surface area contributed by atoms with Gasteiger partial charge < -0.3 is 18.8 Å². The number of amides is 1. The van der Waals surface area contributed by atoms with E-state index in [1.54, 1.807) is 37.0 Å². The molecule has 0 aliphatic carbocycles. The van der Waals surface area contributed by atoms with E-state index in [0.717, 1.165) is 11.3 Å². The average molecular weight is 685 g/mol. The maximum Gasteiger partial charge on any atom is 0.410 e. The molecule has 0 aliphatic heterocycles. The summed E-state index contributed by atoms with van der Waals surface area (Å²) in [6.45, 7) is 20.6. The molecule has 3 aromatic rings. The Labute approximate surface area is 277 Å². The lowest BCUT2D eigenvalue weighted by atomic mass is 10.1. The van der Waals surface area contributed by atoms with Gasteiger partial charge in [-0.1, -0.05) is 55.6 Å². The van der Waals surface area contributed by atoms with Crippen LogP contribution < -0.4 is 4.74 Å². The quantitative estimate of drug-likeness (QED) is 0.164. The molecule has 0 saturated carbocycles. The zero-order valence-electron chi connectivity index (χ0n) is 27.7. The lowest BCUT2D eigenvalue weighted by molar-refractivity contribution is 0.0172. The van der Waals surface area contributed by atoms with Crippen LogP contribution in [0.3, 0.4) is 0 Å². The Morgan fingerprint density at radius 2 is 1.66 bits per heavy atom. The third-order valence-corrected chi connectivity index (χ3v) is 13.2. The van der Waals surface area contributed by atoms with Crippen molar-refractivity contribution < 1.29 is 18.7 Å². The van der Waals surface area contributed by atoms with Crippen LogP contribution >= 0.6 is 34.8 Å². The largest absolute Gasteiger partial charge is 0.491 e. The second-order valence-electron chi connectivity index (χ2n) is 13.5. The van der Waals surface area contributed by atoms with Gasteiger partial charge in [-0.05, 0) is 71.0 Å². The number of aryl methyl sites for hydroxylation is 1. The van der Waals surface area contributed by atoms with Crippen LogP contribution in [-0.2, 0) is 16.2 Å². The molecule has 1 aromatic carbocycles. The SMILES string of the molecule is Cc1c(Cl)nc(-c2cc(OC[C@@H](CN(C)C(=O)OC(C)(C)C)O[Si](C)(C)C(C)(C)C)ccc2Cl)nc1-c1c(C)c(Cl)nn1C. The Balaban J connectivity index is 1.93. The molecular weight excluding hydrogens is 641 g/mol. The summed E-state index contributed by atoms with van der Waals surface area (Å²) in [7, 11) is 1.28. The molecular formula is C31H44Cl3N5O4Si. The zero-order chi connectivity index (χ0) is 33.4. The topological polar surface area (TPSA) is 91.6 Å². The molecule has 1 atom stereocenters. The van der Waals surface area contributed by atoms with E-state index in [9.17, 15) is 4.79 Å². The van der Waals surface area contributed by atoms with E-state index >= 15 is 0 Å². The van der Waals surface area contributed by atoms with Crippen molar-refractivity contribution in [3.63, 3.8) is 0 Å². The number of ether oxygens (including phenoxy) is 2. The van der Waals surface area contributed by atoms with Crippen molar-refractivity contribution in [2.24, 2.45) is 7.05 Å². The number of halogens is 3. The number of nitrogens with zero attached hydrogens (tertiary/aromatic N) is 5. The van der Waals surface area contributed by atoms with Crippen molar-refractivity contribution in [3.05, 3.63) is 44.7 Å². The molecule has 1 amide bonds. The Hall–Kier alpha value is -2.37. The second kappa shape index (κ2) is 13.5. The summed E-state index contributed by atoms with van der Waals surface area (Å²) in [5.74, 6) is 0.872. The number of benzene rings is 1. The number of carbonyl (C=O) groups excluding carboxylic acids is 1. The molecule has 0 N–H and O–H groups in total. The predicted molar refractivity (Wildman–Crippen MR) is 181 cm³/mol. The highest BCUT2D eigenvalue weighted by atomic mass is 35.5. The van der Waals surface area contributed by atoms with Crippen LogP contribution in [0.2, 0.25) is 33.5 Å². The lowest BCUT2D eigenvalue weighted by Gasteiger charge is -2.40. The van der Waals surface area contributed by atoms with Gasteiger partial charge in [-0.3, -0.25) is 4.68 Å². The maximum atomic E-state index is 12.8. The van der Waals surface area contributed by atoms with Gasteiger partial charge in [-0.2, -0.15) is 5.10 Å². The van der Waals surface area contributed by atoms with Gasteiger partial charge in [0.2, 0.25) is 0 Å². The van der Waals surface area contributed by atoms with Crippen molar-refractivity contribution in [2.45, 2.75) is 85.2 Å². The number of aromatic nitrogens is 4. The van der Waals surface area contributed by atoms with Gasteiger partial charge in [-0.25, -0.2) is 14.8 Å². The minimum atomic E-state index is -2.22.